The Morgan fingerprint density at radius 2 is 1.28 bits per heavy atom. The van der Waals surface area contributed by atoms with Crippen molar-refractivity contribution in [3.8, 4) is 0 Å². The number of hydrogen-bond donors (Lipinski definition) is 0. The van der Waals surface area contributed by atoms with Gasteiger partial charge in [-0.15, -0.1) is 0 Å². The van der Waals surface area contributed by atoms with Crippen molar-refractivity contribution >= 4 is 36.7 Å². The van der Waals surface area contributed by atoms with Crippen molar-refractivity contribution < 1.29 is 9.31 Å². The lowest BCUT2D eigenvalue weighted by Crippen LogP contribution is -2.51. The van der Waals surface area contributed by atoms with Gasteiger partial charge in [-0.05, 0) is 66.4 Å². The van der Waals surface area contributed by atoms with Gasteiger partial charge in [-0.1, -0.05) is 41.5 Å². The molecule has 0 atom stereocenters. The molecule has 0 amide bonds. The zero-order valence-electron chi connectivity index (χ0n) is 17.6. The van der Waals surface area contributed by atoms with Gasteiger partial charge >= 0.3 is 7.12 Å². The summed E-state index contributed by atoms with van der Waals surface area (Å²) < 4.78 is 16.2. The molecule has 0 spiro atoms. The van der Waals surface area contributed by atoms with Crippen LogP contribution >= 0.6 is 15.9 Å². The standard InChI is InChI=1S/C19H35BBrNO2Si/c1-13(2)25(14(3)4,15(5)6)22-11-16(17(21)12-22)20-23-18(7,8)19(9,10)24-20/h11-15H,1-10H3. The second-order valence-electron chi connectivity index (χ2n) is 9.41. The molecule has 1 aromatic rings. The van der Waals surface area contributed by atoms with Crippen LogP contribution in [0.4, 0.5) is 0 Å². The monoisotopic (exact) mass is 427 g/mol. The van der Waals surface area contributed by atoms with Crippen LogP contribution in [0.1, 0.15) is 69.2 Å². The molecule has 0 N–H and O–H groups in total. The van der Waals surface area contributed by atoms with Gasteiger partial charge in [-0.25, -0.2) is 0 Å². The Bertz CT molecular complexity index is 587. The summed E-state index contributed by atoms with van der Waals surface area (Å²) in [6.45, 7) is 22.7. The Morgan fingerprint density at radius 3 is 1.64 bits per heavy atom. The van der Waals surface area contributed by atoms with Gasteiger partial charge in [0.25, 0.3) is 0 Å². The summed E-state index contributed by atoms with van der Waals surface area (Å²) in [5.41, 5.74) is 2.43. The van der Waals surface area contributed by atoms with Crippen LogP contribution in [-0.4, -0.2) is 30.8 Å². The first-order valence-electron chi connectivity index (χ1n) is 9.50. The van der Waals surface area contributed by atoms with Gasteiger partial charge in [0.05, 0.1) is 11.2 Å². The largest absolute Gasteiger partial charge is 0.497 e. The number of halogens is 1. The first kappa shape index (κ1) is 21.3. The van der Waals surface area contributed by atoms with E-state index in [1.54, 1.807) is 0 Å². The van der Waals surface area contributed by atoms with Crippen LogP contribution in [-0.2, 0) is 9.31 Å². The van der Waals surface area contributed by atoms with Crippen molar-refractivity contribution in [2.24, 2.45) is 0 Å². The van der Waals surface area contributed by atoms with Gasteiger partial charge in [0, 0.05) is 16.1 Å². The maximum atomic E-state index is 6.29. The van der Waals surface area contributed by atoms with E-state index in [4.69, 9.17) is 9.31 Å². The SMILES string of the molecule is CC(C)[Si](C(C)C)(C(C)C)n1cc(Br)c(B2OC(C)(C)C(C)(C)O2)c1. The molecule has 1 aromatic heterocycles. The maximum absolute atomic E-state index is 6.29. The molecule has 0 aromatic carbocycles. The van der Waals surface area contributed by atoms with Crippen molar-refractivity contribution in [1.29, 1.82) is 0 Å². The van der Waals surface area contributed by atoms with E-state index in [-0.39, 0.29) is 18.3 Å². The van der Waals surface area contributed by atoms with Crippen molar-refractivity contribution in [3.63, 3.8) is 0 Å². The summed E-state index contributed by atoms with van der Waals surface area (Å²) in [6, 6.07) is 0. The summed E-state index contributed by atoms with van der Waals surface area (Å²) in [4.78, 5) is 0. The summed E-state index contributed by atoms with van der Waals surface area (Å²) in [5, 5.41) is 0. The molecule has 1 saturated heterocycles. The lowest BCUT2D eigenvalue weighted by molar-refractivity contribution is 0.00578. The molecule has 0 saturated carbocycles. The molecule has 0 unspecified atom stereocenters. The average Bonchev–Trinajstić information content (AvgIpc) is 2.87. The molecular formula is C19H35BBrNO2Si. The van der Waals surface area contributed by atoms with Crippen LogP contribution in [0.25, 0.3) is 0 Å². The lowest BCUT2D eigenvalue weighted by Gasteiger charge is -2.44. The topological polar surface area (TPSA) is 23.4 Å². The fraction of sp³-hybridized carbons (Fsp3) is 0.789. The van der Waals surface area contributed by atoms with Gasteiger partial charge in [-0.3, -0.25) is 0 Å². The molecule has 1 aliphatic rings. The molecule has 1 aliphatic heterocycles. The Morgan fingerprint density at radius 1 is 0.880 bits per heavy atom. The normalized spacial score (nSPS) is 20.3. The quantitative estimate of drug-likeness (QED) is 0.573. The van der Waals surface area contributed by atoms with E-state index in [1.807, 2.05) is 0 Å². The van der Waals surface area contributed by atoms with Crippen molar-refractivity contribution in [1.82, 2.24) is 4.23 Å². The highest BCUT2D eigenvalue weighted by atomic mass is 79.9. The van der Waals surface area contributed by atoms with Gasteiger partial charge in [-0.2, -0.15) is 0 Å². The van der Waals surface area contributed by atoms with Crippen LogP contribution in [0.2, 0.25) is 16.6 Å². The van der Waals surface area contributed by atoms with Crippen LogP contribution in [0, 0.1) is 0 Å². The second kappa shape index (κ2) is 6.84. The van der Waals surface area contributed by atoms with Crippen LogP contribution in [0.15, 0.2) is 16.9 Å². The third-order valence-electron chi connectivity index (χ3n) is 6.54. The van der Waals surface area contributed by atoms with Gasteiger partial charge in [0.1, 0.15) is 0 Å². The van der Waals surface area contributed by atoms with E-state index in [2.05, 4.69) is 102 Å². The molecular weight excluding hydrogens is 393 g/mol. The van der Waals surface area contributed by atoms with E-state index in [1.165, 1.54) is 0 Å². The van der Waals surface area contributed by atoms with E-state index >= 15 is 0 Å². The predicted octanol–water partition coefficient (Wildman–Crippen LogP) is 5.57. The van der Waals surface area contributed by atoms with Crippen molar-refractivity contribution in [3.05, 3.63) is 16.9 Å². The number of nitrogens with zero attached hydrogens (tertiary/aromatic N) is 1. The van der Waals surface area contributed by atoms with E-state index in [9.17, 15) is 0 Å². The Kier molecular flexibility index (Phi) is 5.82. The Labute approximate surface area is 164 Å². The Hall–Kier alpha value is -0.0382. The minimum atomic E-state index is -1.76. The maximum Gasteiger partial charge on any atom is 0.497 e. The number of aromatic nitrogens is 1. The fourth-order valence-electron chi connectivity index (χ4n) is 4.71. The molecule has 0 aliphatic carbocycles. The average molecular weight is 428 g/mol. The smallest absolute Gasteiger partial charge is 0.399 e. The zero-order valence-corrected chi connectivity index (χ0v) is 20.2. The van der Waals surface area contributed by atoms with Crippen LogP contribution in [0.3, 0.4) is 0 Å². The van der Waals surface area contributed by atoms with Gasteiger partial charge < -0.3 is 13.5 Å². The fourth-order valence-corrected chi connectivity index (χ4v) is 11.9. The molecule has 2 rings (SSSR count). The van der Waals surface area contributed by atoms with Crippen molar-refractivity contribution in [2.45, 2.75) is 97.1 Å². The van der Waals surface area contributed by atoms with E-state index in [0.717, 1.165) is 9.94 Å². The minimum Gasteiger partial charge on any atom is -0.399 e. The second-order valence-corrected chi connectivity index (χ2v) is 16.0. The predicted molar refractivity (Wildman–Crippen MR) is 114 cm³/mol. The van der Waals surface area contributed by atoms with Gasteiger partial charge in [0.2, 0.25) is 0 Å². The highest BCUT2D eigenvalue weighted by molar-refractivity contribution is 9.10. The molecule has 0 radical (unpaired) electrons. The molecule has 2 heterocycles. The zero-order chi connectivity index (χ0) is 19.4. The number of rotatable bonds is 5. The van der Waals surface area contributed by atoms with Crippen LogP contribution < -0.4 is 5.46 Å². The molecule has 1 fully saturated rings. The first-order valence-corrected chi connectivity index (χ1v) is 12.5. The minimum absolute atomic E-state index is 0.318. The molecule has 3 nitrogen and oxygen atoms in total. The Balaban J connectivity index is 2.50. The highest BCUT2D eigenvalue weighted by Gasteiger charge is 2.53. The molecule has 6 heteroatoms. The summed E-state index contributed by atoms with van der Waals surface area (Å²) >= 11 is 3.78. The first-order chi connectivity index (χ1) is 11.3. The van der Waals surface area contributed by atoms with E-state index < -0.39 is 8.24 Å². The summed E-state index contributed by atoms with van der Waals surface area (Å²) in [5.74, 6) is 0. The third-order valence-corrected chi connectivity index (χ3v) is 13.9. The van der Waals surface area contributed by atoms with E-state index in [0.29, 0.717) is 16.6 Å². The van der Waals surface area contributed by atoms with Crippen LogP contribution in [0.5, 0.6) is 0 Å². The number of hydrogen-bond acceptors (Lipinski definition) is 2. The summed E-state index contributed by atoms with van der Waals surface area (Å²) in [7, 11) is -2.08. The third kappa shape index (κ3) is 3.32. The summed E-state index contributed by atoms with van der Waals surface area (Å²) in [6.07, 6.45) is 4.56. The van der Waals surface area contributed by atoms with Gasteiger partial charge in [0.15, 0.2) is 8.24 Å². The molecule has 142 valence electrons. The highest BCUT2D eigenvalue weighted by Crippen LogP contribution is 2.43. The molecule has 0 bridgehead atoms. The lowest BCUT2D eigenvalue weighted by atomic mass is 9.81. The molecule has 25 heavy (non-hydrogen) atoms. The van der Waals surface area contributed by atoms with Crippen molar-refractivity contribution in [2.75, 3.05) is 0 Å².